The van der Waals surface area contributed by atoms with Gasteiger partial charge in [0.2, 0.25) is 0 Å². The van der Waals surface area contributed by atoms with Crippen LogP contribution < -0.4 is 20.1 Å². The van der Waals surface area contributed by atoms with Crippen molar-refractivity contribution < 1.29 is 18.7 Å². The van der Waals surface area contributed by atoms with Crippen LogP contribution in [-0.4, -0.2) is 20.3 Å². The van der Waals surface area contributed by atoms with Crippen molar-refractivity contribution in [2.24, 2.45) is 0 Å². The zero-order chi connectivity index (χ0) is 16.8. The molecule has 0 aliphatic heterocycles. The zero-order valence-electron chi connectivity index (χ0n) is 13.2. The molecule has 0 aromatic heterocycles. The average molecular weight is 318 g/mol. The highest BCUT2D eigenvalue weighted by Gasteiger charge is 2.12. The molecule has 5 nitrogen and oxygen atoms in total. The first-order valence-corrected chi connectivity index (χ1v) is 7.08. The Labute approximate surface area is 134 Å². The van der Waals surface area contributed by atoms with Crippen LogP contribution in [0.25, 0.3) is 0 Å². The third-order valence-electron chi connectivity index (χ3n) is 3.36. The maximum Gasteiger partial charge on any atom is 0.319 e. The maximum absolute atomic E-state index is 12.8. The third kappa shape index (κ3) is 4.35. The van der Waals surface area contributed by atoms with Crippen LogP contribution in [0.2, 0.25) is 0 Å². The fraction of sp³-hybridized carbons (Fsp3) is 0.235. The Morgan fingerprint density at radius 2 is 1.70 bits per heavy atom. The molecule has 0 fully saturated rings. The molecule has 6 heteroatoms. The third-order valence-corrected chi connectivity index (χ3v) is 3.36. The van der Waals surface area contributed by atoms with Gasteiger partial charge in [0.15, 0.2) is 11.5 Å². The number of hydrogen-bond acceptors (Lipinski definition) is 3. The second-order valence-electron chi connectivity index (χ2n) is 4.94. The zero-order valence-corrected chi connectivity index (χ0v) is 13.2. The second-order valence-corrected chi connectivity index (χ2v) is 4.94. The first kappa shape index (κ1) is 16.6. The summed E-state index contributed by atoms with van der Waals surface area (Å²) in [6.45, 7) is 1.85. The topological polar surface area (TPSA) is 59.6 Å². The van der Waals surface area contributed by atoms with E-state index >= 15 is 0 Å². The molecule has 0 radical (unpaired) electrons. The lowest BCUT2D eigenvalue weighted by Crippen LogP contribution is -2.31. The van der Waals surface area contributed by atoms with Crippen LogP contribution in [0.3, 0.4) is 0 Å². The van der Waals surface area contributed by atoms with E-state index in [-0.39, 0.29) is 17.9 Å². The van der Waals surface area contributed by atoms with Crippen molar-refractivity contribution >= 4 is 11.7 Å². The summed E-state index contributed by atoms with van der Waals surface area (Å²) in [6, 6.07) is 10.4. The molecular weight excluding hydrogens is 299 g/mol. The highest BCUT2D eigenvalue weighted by atomic mass is 19.1. The number of amides is 2. The van der Waals surface area contributed by atoms with E-state index in [1.54, 1.807) is 20.3 Å². The van der Waals surface area contributed by atoms with Crippen LogP contribution in [0.5, 0.6) is 11.5 Å². The molecule has 23 heavy (non-hydrogen) atoms. The van der Waals surface area contributed by atoms with Gasteiger partial charge in [-0.25, -0.2) is 9.18 Å². The van der Waals surface area contributed by atoms with Crippen LogP contribution in [0.15, 0.2) is 42.5 Å². The van der Waals surface area contributed by atoms with E-state index in [9.17, 15) is 9.18 Å². The minimum Gasteiger partial charge on any atom is -0.493 e. The summed E-state index contributed by atoms with van der Waals surface area (Å²) in [5.41, 5.74) is 1.39. The molecule has 0 heterocycles. The number of anilines is 1. The lowest BCUT2D eigenvalue weighted by molar-refractivity contribution is 0.249. The fourth-order valence-corrected chi connectivity index (χ4v) is 2.10. The van der Waals surface area contributed by atoms with Gasteiger partial charge < -0.3 is 20.1 Å². The molecule has 0 saturated carbocycles. The average Bonchev–Trinajstić information content (AvgIpc) is 2.56. The van der Waals surface area contributed by atoms with Crippen molar-refractivity contribution in [2.75, 3.05) is 19.5 Å². The lowest BCUT2D eigenvalue weighted by atomic mass is 10.1. The van der Waals surface area contributed by atoms with Gasteiger partial charge in [-0.05, 0) is 48.9 Å². The van der Waals surface area contributed by atoms with Crippen molar-refractivity contribution in [3.63, 3.8) is 0 Å². The Kier molecular flexibility index (Phi) is 5.41. The van der Waals surface area contributed by atoms with E-state index in [2.05, 4.69) is 10.6 Å². The maximum atomic E-state index is 12.8. The number of nitrogens with one attached hydrogen (secondary N) is 2. The van der Waals surface area contributed by atoms with Gasteiger partial charge in [0, 0.05) is 5.69 Å². The van der Waals surface area contributed by atoms with E-state index < -0.39 is 0 Å². The largest absolute Gasteiger partial charge is 0.493 e. The van der Waals surface area contributed by atoms with Crippen molar-refractivity contribution in [1.82, 2.24) is 5.32 Å². The first-order chi connectivity index (χ1) is 11.0. The van der Waals surface area contributed by atoms with Gasteiger partial charge in [0.05, 0.1) is 20.3 Å². The van der Waals surface area contributed by atoms with E-state index in [1.165, 1.54) is 24.3 Å². The van der Waals surface area contributed by atoms with Gasteiger partial charge in [0.25, 0.3) is 0 Å². The van der Waals surface area contributed by atoms with E-state index in [4.69, 9.17) is 9.47 Å². The lowest BCUT2D eigenvalue weighted by Gasteiger charge is -2.17. The highest BCUT2D eigenvalue weighted by Crippen LogP contribution is 2.29. The van der Waals surface area contributed by atoms with E-state index in [0.29, 0.717) is 17.2 Å². The van der Waals surface area contributed by atoms with Crippen molar-refractivity contribution in [3.05, 3.63) is 53.8 Å². The molecule has 2 aromatic carbocycles. The fourth-order valence-electron chi connectivity index (χ4n) is 2.10. The molecular formula is C17H19FN2O3. The Morgan fingerprint density at radius 1 is 1.04 bits per heavy atom. The highest BCUT2D eigenvalue weighted by molar-refractivity contribution is 5.89. The molecule has 2 N–H and O–H groups in total. The summed E-state index contributed by atoms with van der Waals surface area (Å²) in [5, 5.41) is 5.46. The van der Waals surface area contributed by atoms with E-state index in [0.717, 1.165) is 5.56 Å². The molecule has 0 aliphatic rings. The Bertz CT molecular complexity index is 674. The summed E-state index contributed by atoms with van der Waals surface area (Å²) in [4.78, 5) is 12.0. The van der Waals surface area contributed by atoms with Crippen LogP contribution >= 0.6 is 0 Å². The minimum absolute atomic E-state index is 0.241. The van der Waals surface area contributed by atoms with Gasteiger partial charge in [-0.2, -0.15) is 0 Å². The van der Waals surface area contributed by atoms with Crippen molar-refractivity contribution in [1.29, 1.82) is 0 Å². The molecule has 1 atom stereocenters. The second kappa shape index (κ2) is 7.49. The summed E-state index contributed by atoms with van der Waals surface area (Å²) < 4.78 is 23.3. The number of ether oxygens (including phenoxy) is 2. The number of urea groups is 1. The summed E-state index contributed by atoms with van der Waals surface area (Å²) in [5.74, 6) is 0.867. The molecule has 0 unspecified atom stereocenters. The van der Waals surface area contributed by atoms with Crippen LogP contribution in [0.1, 0.15) is 18.5 Å². The van der Waals surface area contributed by atoms with Gasteiger partial charge in [-0.15, -0.1) is 0 Å². The van der Waals surface area contributed by atoms with Gasteiger partial charge in [0.1, 0.15) is 5.82 Å². The molecule has 2 amide bonds. The van der Waals surface area contributed by atoms with Gasteiger partial charge >= 0.3 is 6.03 Å². The van der Waals surface area contributed by atoms with Crippen molar-refractivity contribution in [2.45, 2.75) is 13.0 Å². The van der Waals surface area contributed by atoms with E-state index in [1.807, 2.05) is 19.1 Å². The Morgan fingerprint density at radius 3 is 2.30 bits per heavy atom. The molecule has 0 bridgehead atoms. The van der Waals surface area contributed by atoms with Crippen LogP contribution in [0, 0.1) is 5.82 Å². The normalized spacial score (nSPS) is 11.5. The standard InChI is InChI=1S/C17H19FN2O3/c1-11(12-4-9-15(22-2)16(10-12)23-3)19-17(21)20-14-7-5-13(18)6-8-14/h4-11H,1-3H3,(H2,19,20,21)/t11-/m0/s1. The predicted octanol–water partition coefficient (Wildman–Crippen LogP) is 3.73. The number of rotatable bonds is 5. The summed E-state index contributed by atoms with van der Waals surface area (Å²) in [6.07, 6.45) is 0. The SMILES string of the molecule is COc1ccc([C@H](C)NC(=O)Nc2ccc(F)cc2)cc1OC. The number of carbonyl (C=O) groups is 1. The summed E-state index contributed by atoms with van der Waals surface area (Å²) >= 11 is 0. The molecule has 0 saturated heterocycles. The summed E-state index contributed by atoms with van der Waals surface area (Å²) in [7, 11) is 3.12. The van der Waals surface area contributed by atoms with Crippen molar-refractivity contribution in [3.8, 4) is 11.5 Å². The monoisotopic (exact) mass is 318 g/mol. The number of halogens is 1. The first-order valence-electron chi connectivity index (χ1n) is 7.08. The molecule has 0 aliphatic carbocycles. The molecule has 2 rings (SSSR count). The number of hydrogen-bond donors (Lipinski definition) is 2. The number of benzene rings is 2. The molecule has 0 spiro atoms. The molecule has 122 valence electrons. The minimum atomic E-state index is -0.376. The predicted molar refractivity (Wildman–Crippen MR) is 86.5 cm³/mol. The van der Waals surface area contributed by atoms with Crippen LogP contribution in [-0.2, 0) is 0 Å². The van der Waals surface area contributed by atoms with Gasteiger partial charge in [-0.1, -0.05) is 6.07 Å². The Balaban J connectivity index is 2.01. The van der Waals surface area contributed by atoms with Gasteiger partial charge in [-0.3, -0.25) is 0 Å². The number of carbonyl (C=O) groups excluding carboxylic acids is 1. The van der Waals surface area contributed by atoms with Crippen LogP contribution in [0.4, 0.5) is 14.9 Å². The molecule has 2 aromatic rings. The smallest absolute Gasteiger partial charge is 0.319 e. The quantitative estimate of drug-likeness (QED) is 0.883. The Hall–Kier alpha value is -2.76. The number of methoxy groups -OCH3 is 2.